The van der Waals surface area contributed by atoms with Gasteiger partial charge in [-0.25, -0.2) is 21.6 Å². The first kappa shape index (κ1) is 18.2. The molecule has 2 rings (SSSR count). The molecular formula is C16H18N2O4S2. The standard InChI is InChI=1S/C16H18N2O4S2/c1-2-17-24(21,22)16-10-8-15(9-11-16)18-23(19,20)13-12-14-6-4-3-5-7-14/h3-13,17-18H,2H2,1H3/b13-12+. The third kappa shape index (κ3) is 5.19. The number of anilines is 1. The third-order valence-electron chi connectivity index (χ3n) is 3.00. The molecule has 2 aromatic carbocycles. The first-order chi connectivity index (χ1) is 11.3. The van der Waals surface area contributed by atoms with Gasteiger partial charge in [-0.2, -0.15) is 0 Å². The highest BCUT2D eigenvalue weighted by atomic mass is 32.2. The van der Waals surface area contributed by atoms with E-state index < -0.39 is 20.0 Å². The second-order valence-corrected chi connectivity index (χ2v) is 8.22. The van der Waals surface area contributed by atoms with Crippen molar-refractivity contribution in [3.63, 3.8) is 0 Å². The lowest BCUT2D eigenvalue weighted by atomic mass is 10.2. The fourth-order valence-electron chi connectivity index (χ4n) is 1.91. The summed E-state index contributed by atoms with van der Waals surface area (Å²) in [6.45, 7) is 1.96. The lowest BCUT2D eigenvalue weighted by Gasteiger charge is -2.07. The molecule has 0 saturated carbocycles. The number of nitrogens with one attached hydrogen (secondary N) is 2. The number of benzene rings is 2. The van der Waals surface area contributed by atoms with Crippen molar-refractivity contribution < 1.29 is 16.8 Å². The van der Waals surface area contributed by atoms with Gasteiger partial charge >= 0.3 is 0 Å². The second kappa shape index (κ2) is 7.61. The van der Waals surface area contributed by atoms with Crippen LogP contribution in [0.25, 0.3) is 6.08 Å². The highest BCUT2D eigenvalue weighted by molar-refractivity contribution is 7.95. The van der Waals surface area contributed by atoms with Crippen LogP contribution < -0.4 is 9.44 Å². The molecule has 0 unspecified atom stereocenters. The van der Waals surface area contributed by atoms with E-state index in [0.29, 0.717) is 0 Å². The predicted octanol–water partition coefficient (Wildman–Crippen LogP) is 2.40. The topological polar surface area (TPSA) is 92.3 Å². The Hall–Kier alpha value is -2.16. The molecule has 0 aliphatic heterocycles. The molecule has 0 heterocycles. The van der Waals surface area contributed by atoms with Crippen LogP contribution in [0.4, 0.5) is 5.69 Å². The van der Waals surface area contributed by atoms with Crippen molar-refractivity contribution in [1.82, 2.24) is 4.72 Å². The molecule has 0 spiro atoms. The van der Waals surface area contributed by atoms with E-state index in [4.69, 9.17) is 0 Å². The van der Waals surface area contributed by atoms with E-state index >= 15 is 0 Å². The fourth-order valence-corrected chi connectivity index (χ4v) is 3.82. The third-order valence-corrected chi connectivity index (χ3v) is 5.57. The van der Waals surface area contributed by atoms with Gasteiger partial charge in [0.2, 0.25) is 10.0 Å². The molecule has 0 amide bonds. The van der Waals surface area contributed by atoms with Gasteiger partial charge in [-0.15, -0.1) is 0 Å². The summed E-state index contributed by atoms with van der Waals surface area (Å²) in [4.78, 5) is 0.0760. The van der Waals surface area contributed by atoms with Crippen molar-refractivity contribution in [1.29, 1.82) is 0 Å². The summed E-state index contributed by atoms with van der Waals surface area (Å²) < 4.78 is 52.4. The SMILES string of the molecule is CCNS(=O)(=O)c1ccc(NS(=O)(=O)/C=C/c2ccccc2)cc1. The molecule has 2 aromatic rings. The van der Waals surface area contributed by atoms with E-state index in [9.17, 15) is 16.8 Å². The molecule has 0 atom stereocenters. The average molecular weight is 366 g/mol. The monoisotopic (exact) mass is 366 g/mol. The van der Waals surface area contributed by atoms with Crippen molar-refractivity contribution in [2.45, 2.75) is 11.8 Å². The van der Waals surface area contributed by atoms with E-state index in [2.05, 4.69) is 9.44 Å². The van der Waals surface area contributed by atoms with Gasteiger partial charge in [-0.3, -0.25) is 4.72 Å². The van der Waals surface area contributed by atoms with Crippen LogP contribution >= 0.6 is 0 Å². The number of rotatable bonds is 7. The zero-order valence-electron chi connectivity index (χ0n) is 13.0. The second-order valence-electron chi connectivity index (χ2n) is 4.89. The van der Waals surface area contributed by atoms with Crippen molar-refractivity contribution >= 4 is 31.8 Å². The summed E-state index contributed by atoms with van der Waals surface area (Å²) in [5.74, 6) is 0. The normalized spacial score (nSPS) is 12.4. The Morgan fingerprint density at radius 2 is 1.54 bits per heavy atom. The number of sulfonamides is 2. The maximum atomic E-state index is 12.0. The summed E-state index contributed by atoms with van der Waals surface area (Å²) in [7, 11) is -7.25. The van der Waals surface area contributed by atoms with Crippen LogP contribution in [0.5, 0.6) is 0 Å². The minimum absolute atomic E-state index is 0.0760. The van der Waals surface area contributed by atoms with Crippen LogP contribution in [0.1, 0.15) is 12.5 Å². The molecule has 0 fully saturated rings. The molecule has 0 radical (unpaired) electrons. The van der Waals surface area contributed by atoms with Gasteiger partial charge < -0.3 is 0 Å². The molecule has 0 aliphatic rings. The van der Waals surface area contributed by atoms with E-state index in [1.54, 1.807) is 19.1 Å². The Balaban J connectivity index is 2.12. The van der Waals surface area contributed by atoms with Crippen LogP contribution in [-0.4, -0.2) is 23.4 Å². The molecule has 8 heteroatoms. The number of hydrogen-bond acceptors (Lipinski definition) is 4. The van der Waals surface area contributed by atoms with Gasteiger partial charge in [0.05, 0.1) is 10.3 Å². The molecule has 128 valence electrons. The predicted molar refractivity (Wildman–Crippen MR) is 95.3 cm³/mol. The lowest BCUT2D eigenvalue weighted by molar-refractivity contribution is 0.584. The van der Waals surface area contributed by atoms with Crippen LogP contribution in [0, 0.1) is 0 Å². The van der Waals surface area contributed by atoms with Gasteiger partial charge in [0.1, 0.15) is 0 Å². The zero-order chi connectivity index (χ0) is 17.6. The van der Waals surface area contributed by atoms with Crippen molar-refractivity contribution in [3.8, 4) is 0 Å². The van der Waals surface area contributed by atoms with E-state index in [0.717, 1.165) is 11.0 Å². The summed E-state index contributed by atoms with van der Waals surface area (Å²) in [6, 6.07) is 14.5. The maximum Gasteiger partial charge on any atom is 0.255 e. The van der Waals surface area contributed by atoms with Gasteiger partial charge in [-0.05, 0) is 35.9 Å². The molecule has 0 aromatic heterocycles. The molecular weight excluding hydrogens is 348 g/mol. The summed E-state index contributed by atoms with van der Waals surface area (Å²) in [6.07, 6.45) is 1.48. The summed E-state index contributed by atoms with van der Waals surface area (Å²) >= 11 is 0. The molecule has 6 nitrogen and oxygen atoms in total. The Kier molecular flexibility index (Phi) is 5.76. The Morgan fingerprint density at radius 3 is 2.12 bits per heavy atom. The summed E-state index contributed by atoms with van der Waals surface area (Å²) in [5.41, 5.74) is 1.04. The lowest BCUT2D eigenvalue weighted by Crippen LogP contribution is -2.23. The van der Waals surface area contributed by atoms with Crippen LogP contribution in [0.2, 0.25) is 0 Å². The smallest absolute Gasteiger partial charge is 0.255 e. The minimum atomic E-state index is -3.69. The number of hydrogen-bond donors (Lipinski definition) is 2. The Labute approximate surface area is 142 Å². The first-order valence-corrected chi connectivity index (χ1v) is 10.2. The quantitative estimate of drug-likeness (QED) is 0.787. The zero-order valence-corrected chi connectivity index (χ0v) is 14.6. The fraction of sp³-hybridized carbons (Fsp3) is 0.125. The van der Waals surface area contributed by atoms with Crippen LogP contribution in [0.3, 0.4) is 0 Å². The van der Waals surface area contributed by atoms with Crippen molar-refractivity contribution in [3.05, 3.63) is 65.6 Å². The van der Waals surface area contributed by atoms with Crippen molar-refractivity contribution in [2.75, 3.05) is 11.3 Å². The van der Waals surface area contributed by atoms with Gasteiger partial charge in [-0.1, -0.05) is 37.3 Å². The molecule has 0 bridgehead atoms. The highest BCUT2D eigenvalue weighted by Gasteiger charge is 2.13. The van der Waals surface area contributed by atoms with Gasteiger partial charge in [0.15, 0.2) is 0 Å². The minimum Gasteiger partial charge on any atom is -0.280 e. The average Bonchev–Trinajstić information content (AvgIpc) is 2.54. The molecule has 2 N–H and O–H groups in total. The van der Waals surface area contributed by atoms with Gasteiger partial charge in [0, 0.05) is 12.2 Å². The molecule has 0 aliphatic carbocycles. The van der Waals surface area contributed by atoms with E-state index in [1.165, 1.54) is 30.3 Å². The highest BCUT2D eigenvalue weighted by Crippen LogP contribution is 2.16. The maximum absolute atomic E-state index is 12.0. The molecule has 24 heavy (non-hydrogen) atoms. The summed E-state index contributed by atoms with van der Waals surface area (Å²) in [5, 5.41) is 1.06. The Morgan fingerprint density at radius 1 is 0.917 bits per heavy atom. The van der Waals surface area contributed by atoms with E-state index in [1.807, 2.05) is 18.2 Å². The largest absolute Gasteiger partial charge is 0.280 e. The first-order valence-electron chi connectivity index (χ1n) is 7.18. The van der Waals surface area contributed by atoms with Crippen molar-refractivity contribution in [2.24, 2.45) is 0 Å². The van der Waals surface area contributed by atoms with Gasteiger partial charge in [0.25, 0.3) is 10.0 Å². The Bertz CT molecular complexity index is 904. The van der Waals surface area contributed by atoms with Crippen LogP contribution in [0.15, 0.2) is 64.9 Å². The molecule has 0 saturated heterocycles. The van der Waals surface area contributed by atoms with Crippen LogP contribution in [-0.2, 0) is 20.0 Å². The van der Waals surface area contributed by atoms with E-state index in [-0.39, 0.29) is 17.1 Å².